The van der Waals surface area contributed by atoms with Crippen molar-refractivity contribution in [1.82, 2.24) is 0 Å². The molecule has 0 heterocycles. The number of halogens is 2. The van der Waals surface area contributed by atoms with Gasteiger partial charge in [-0.15, -0.1) is 0 Å². The van der Waals surface area contributed by atoms with Crippen LogP contribution in [-0.4, -0.2) is 8.86 Å². The molecule has 0 rings (SSSR count). The number of alkyl halides is 2. The monoisotopic (exact) mass is 322 g/mol. The number of hydrogen-bond acceptors (Lipinski definition) is 0. The van der Waals surface area contributed by atoms with Gasteiger partial charge in [0, 0.05) is 8.86 Å². The summed E-state index contributed by atoms with van der Waals surface area (Å²) in [6.07, 6.45) is 2.24. The molecule has 42 valence electrons. The van der Waals surface area contributed by atoms with Crippen LogP contribution in [0.1, 0.15) is 6.92 Å². The Morgan fingerprint density at radius 3 is 2.29 bits per heavy atom. The SMILES string of the molecule is C/C(=C/CI)CI. The Hall–Kier alpha value is 1.20. The van der Waals surface area contributed by atoms with E-state index in [9.17, 15) is 0 Å². The van der Waals surface area contributed by atoms with Gasteiger partial charge in [-0.25, -0.2) is 0 Å². The highest BCUT2D eigenvalue weighted by molar-refractivity contribution is 14.1. The second-order valence-corrected chi connectivity index (χ2v) is 2.98. The van der Waals surface area contributed by atoms with Crippen LogP contribution in [-0.2, 0) is 0 Å². The summed E-state index contributed by atoms with van der Waals surface area (Å²) < 4.78 is 2.31. The van der Waals surface area contributed by atoms with Crippen molar-refractivity contribution >= 4 is 45.2 Å². The highest BCUT2D eigenvalue weighted by Gasteiger charge is 1.78. The highest BCUT2D eigenvalue weighted by Crippen LogP contribution is 1.98. The van der Waals surface area contributed by atoms with Crippen LogP contribution in [0, 0.1) is 0 Å². The van der Waals surface area contributed by atoms with E-state index in [1.165, 1.54) is 10.0 Å². The molecule has 0 aromatic heterocycles. The maximum atomic E-state index is 2.37. The predicted octanol–water partition coefficient (Wildman–Crippen LogP) is 2.80. The number of allylic oxidation sites excluding steroid dienone is 2. The molecule has 0 aromatic carbocycles. The molecular weight excluding hydrogens is 314 g/mol. The third-order valence-corrected chi connectivity index (χ3v) is 2.28. The average Bonchev–Trinajstić information content (AvgIpc) is 1.68. The maximum Gasteiger partial charge on any atom is 0.0203 e. The second kappa shape index (κ2) is 5.34. The van der Waals surface area contributed by atoms with E-state index in [1.807, 2.05) is 0 Å². The molecule has 0 atom stereocenters. The van der Waals surface area contributed by atoms with Crippen LogP contribution in [0.4, 0.5) is 0 Å². The van der Waals surface area contributed by atoms with E-state index in [0.29, 0.717) is 0 Å². The minimum absolute atomic E-state index is 1.15. The lowest BCUT2D eigenvalue weighted by atomic mass is 10.3. The van der Waals surface area contributed by atoms with Crippen LogP contribution >= 0.6 is 45.2 Å². The molecule has 0 saturated carbocycles. The Kier molecular flexibility index (Phi) is 6.25. The fourth-order valence-corrected chi connectivity index (χ4v) is 1.25. The van der Waals surface area contributed by atoms with E-state index in [0.717, 1.165) is 4.43 Å². The molecule has 0 amide bonds. The van der Waals surface area contributed by atoms with Crippen LogP contribution < -0.4 is 0 Å². The van der Waals surface area contributed by atoms with Crippen molar-refractivity contribution in [1.29, 1.82) is 0 Å². The first-order valence-electron chi connectivity index (χ1n) is 2.08. The standard InChI is InChI=1S/C5H8I2/c1-5(4-7)2-3-6/h2H,3-4H2,1H3/b5-2-. The third kappa shape index (κ3) is 5.06. The van der Waals surface area contributed by atoms with E-state index in [2.05, 4.69) is 58.2 Å². The molecule has 0 spiro atoms. The summed E-state index contributed by atoms with van der Waals surface area (Å²) in [7, 11) is 0. The van der Waals surface area contributed by atoms with Crippen molar-refractivity contribution in [3.8, 4) is 0 Å². The van der Waals surface area contributed by atoms with Crippen LogP contribution in [0.2, 0.25) is 0 Å². The minimum atomic E-state index is 1.15. The third-order valence-electron chi connectivity index (χ3n) is 0.636. The van der Waals surface area contributed by atoms with Gasteiger partial charge >= 0.3 is 0 Å². The zero-order valence-electron chi connectivity index (χ0n) is 4.25. The van der Waals surface area contributed by atoms with Crippen LogP contribution in [0.3, 0.4) is 0 Å². The molecule has 2 heteroatoms. The molecule has 0 aliphatic rings. The minimum Gasteiger partial charge on any atom is -0.0818 e. The second-order valence-electron chi connectivity index (χ2n) is 1.34. The highest BCUT2D eigenvalue weighted by atomic mass is 127. The average molecular weight is 322 g/mol. The van der Waals surface area contributed by atoms with Crippen molar-refractivity contribution in [2.45, 2.75) is 6.92 Å². The summed E-state index contributed by atoms with van der Waals surface area (Å²) in [6.45, 7) is 2.16. The van der Waals surface area contributed by atoms with Gasteiger partial charge in [-0.2, -0.15) is 0 Å². The van der Waals surface area contributed by atoms with Crippen molar-refractivity contribution < 1.29 is 0 Å². The van der Waals surface area contributed by atoms with Crippen LogP contribution in [0.5, 0.6) is 0 Å². The molecule has 7 heavy (non-hydrogen) atoms. The lowest BCUT2D eigenvalue weighted by molar-refractivity contribution is 1.42. The topological polar surface area (TPSA) is 0 Å². The molecule has 0 radical (unpaired) electrons. The Bertz CT molecular complexity index is 66.5. The summed E-state index contributed by atoms with van der Waals surface area (Å²) in [5, 5.41) is 0. The van der Waals surface area contributed by atoms with Crippen LogP contribution in [0.25, 0.3) is 0 Å². The van der Waals surface area contributed by atoms with E-state index < -0.39 is 0 Å². The molecule has 0 aliphatic heterocycles. The van der Waals surface area contributed by atoms with Gasteiger partial charge in [0.2, 0.25) is 0 Å². The first-order valence-corrected chi connectivity index (χ1v) is 5.14. The maximum absolute atomic E-state index is 2.37. The van der Waals surface area contributed by atoms with Crippen molar-refractivity contribution in [3.05, 3.63) is 11.6 Å². The molecule has 0 unspecified atom stereocenters. The normalized spacial score (nSPS) is 12.1. The van der Waals surface area contributed by atoms with E-state index in [1.54, 1.807) is 0 Å². The Balaban J connectivity index is 3.29. The van der Waals surface area contributed by atoms with E-state index >= 15 is 0 Å². The first-order chi connectivity index (χ1) is 3.31. The fraction of sp³-hybridized carbons (Fsp3) is 0.600. The van der Waals surface area contributed by atoms with Gasteiger partial charge in [0.05, 0.1) is 0 Å². The van der Waals surface area contributed by atoms with Crippen molar-refractivity contribution in [2.24, 2.45) is 0 Å². The van der Waals surface area contributed by atoms with Gasteiger partial charge in [0.25, 0.3) is 0 Å². The molecular formula is C5H8I2. The lowest BCUT2D eigenvalue weighted by Crippen LogP contribution is -1.73. The van der Waals surface area contributed by atoms with Gasteiger partial charge in [0.1, 0.15) is 0 Å². The van der Waals surface area contributed by atoms with Gasteiger partial charge in [-0.1, -0.05) is 56.8 Å². The van der Waals surface area contributed by atoms with Gasteiger partial charge < -0.3 is 0 Å². The summed E-state index contributed by atoms with van der Waals surface area (Å²) in [5.74, 6) is 0. The molecule has 0 bridgehead atoms. The predicted molar refractivity (Wildman–Crippen MR) is 51.5 cm³/mol. The largest absolute Gasteiger partial charge is 0.0818 e. The summed E-state index contributed by atoms with van der Waals surface area (Å²) in [6, 6.07) is 0. The first kappa shape index (κ1) is 8.20. The number of hydrogen-bond donors (Lipinski definition) is 0. The Labute approximate surface area is 72.0 Å². The molecule has 0 aliphatic carbocycles. The summed E-state index contributed by atoms with van der Waals surface area (Å²) in [5.41, 5.74) is 1.48. The van der Waals surface area contributed by atoms with Crippen LogP contribution in [0.15, 0.2) is 11.6 Å². The quantitative estimate of drug-likeness (QED) is 0.417. The van der Waals surface area contributed by atoms with Crippen molar-refractivity contribution in [3.63, 3.8) is 0 Å². The molecule has 0 aromatic rings. The van der Waals surface area contributed by atoms with Gasteiger partial charge in [0.15, 0.2) is 0 Å². The fourth-order valence-electron chi connectivity index (χ4n) is 0.186. The Morgan fingerprint density at radius 1 is 1.57 bits per heavy atom. The molecule has 0 saturated heterocycles. The van der Waals surface area contributed by atoms with Crippen molar-refractivity contribution in [2.75, 3.05) is 8.86 Å². The zero-order chi connectivity index (χ0) is 5.70. The van der Waals surface area contributed by atoms with Gasteiger partial charge in [-0.3, -0.25) is 0 Å². The Morgan fingerprint density at radius 2 is 2.14 bits per heavy atom. The van der Waals surface area contributed by atoms with E-state index in [4.69, 9.17) is 0 Å². The molecule has 0 N–H and O–H groups in total. The summed E-state index contributed by atoms with van der Waals surface area (Å²) in [4.78, 5) is 0. The molecule has 0 nitrogen and oxygen atoms in total. The number of rotatable bonds is 2. The van der Waals surface area contributed by atoms with Gasteiger partial charge in [-0.05, 0) is 6.92 Å². The smallest absolute Gasteiger partial charge is 0.0203 e. The van der Waals surface area contributed by atoms with E-state index in [-0.39, 0.29) is 0 Å². The summed E-state index contributed by atoms with van der Waals surface area (Å²) >= 11 is 4.71. The zero-order valence-corrected chi connectivity index (χ0v) is 8.56. The molecule has 0 fully saturated rings. The lowest BCUT2D eigenvalue weighted by Gasteiger charge is -1.86.